The van der Waals surface area contributed by atoms with Crippen LogP contribution >= 0.6 is 0 Å². The van der Waals surface area contributed by atoms with Gasteiger partial charge in [0.25, 0.3) is 0 Å². The number of ether oxygens (including phenoxy) is 3. The van der Waals surface area contributed by atoms with Crippen molar-refractivity contribution in [2.45, 2.75) is 232 Å². The van der Waals surface area contributed by atoms with Gasteiger partial charge in [-0.15, -0.1) is 0 Å². The predicted octanol–water partition coefficient (Wildman–Crippen LogP) is 15.8. The van der Waals surface area contributed by atoms with Crippen LogP contribution in [-0.4, -0.2) is 37.9 Å². The first kappa shape index (κ1) is 53.6. The predicted molar refractivity (Wildman–Crippen MR) is 242 cm³/mol. The van der Waals surface area contributed by atoms with Crippen LogP contribution < -0.4 is 0 Å². The summed E-state index contributed by atoms with van der Waals surface area (Å²) in [5.74, 6) is -0.434. The standard InChI is InChI=1S/C51H90O5/c1-4-7-10-13-16-19-22-24-26-27-30-32-35-38-41-44-50(52)55-48-49(56-51(53)45-42-39-36-33-29-21-18-15-12-9-6-3)47-54-46-43-40-37-34-31-28-25-23-20-17-14-11-8-5-2/h8,11,15,17-18,20,25,28,34,37,49H,4-7,9-10,12-14,16,19,21-24,26-27,29-33,35-36,38-48H2,1-3H3/b11-8-,18-15-,20-17-,28-25-,37-34-. The number of allylic oxidation sites excluding steroid dienone is 10. The fourth-order valence-corrected chi connectivity index (χ4v) is 6.49. The monoisotopic (exact) mass is 783 g/mol. The van der Waals surface area contributed by atoms with Crippen molar-refractivity contribution in [3.05, 3.63) is 60.8 Å². The van der Waals surface area contributed by atoms with Gasteiger partial charge < -0.3 is 14.2 Å². The van der Waals surface area contributed by atoms with E-state index in [1.807, 2.05) is 0 Å². The molecule has 0 saturated heterocycles. The van der Waals surface area contributed by atoms with Crippen molar-refractivity contribution in [3.63, 3.8) is 0 Å². The molecule has 0 aromatic rings. The van der Waals surface area contributed by atoms with Crippen LogP contribution in [0.2, 0.25) is 0 Å². The summed E-state index contributed by atoms with van der Waals surface area (Å²) in [5.41, 5.74) is 0. The Labute approximate surface area is 347 Å². The molecule has 0 saturated carbocycles. The lowest BCUT2D eigenvalue weighted by Gasteiger charge is -2.18. The molecule has 5 heteroatoms. The molecule has 0 amide bonds. The Hall–Kier alpha value is -2.40. The molecule has 0 heterocycles. The molecule has 324 valence electrons. The Morgan fingerprint density at radius 3 is 1.36 bits per heavy atom. The zero-order valence-electron chi connectivity index (χ0n) is 37.1. The van der Waals surface area contributed by atoms with E-state index < -0.39 is 6.10 Å². The summed E-state index contributed by atoms with van der Waals surface area (Å²) < 4.78 is 17.3. The number of hydrogen-bond acceptors (Lipinski definition) is 5. The number of unbranched alkanes of at least 4 members (excludes halogenated alkanes) is 22. The first-order valence-corrected chi connectivity index (χ1v) is 23.8. The third kappa shape index (κ3) is 44.3. The van der Waals surface area contributed by atoms with Gasteiger partial charge in [-0.2, -0.15) is 0 Å². The molecule has 0 N–H and O–H groups in total. The first-order valence-electron chi connectivity index (χ1n) is 23.8. The molecule has 0 aliphatic heterocycles. The summed E-state index contributed by atoms with van der Waals surface area (Å²) in [6.07, 6.45) is 58.0. The molecule has 0 aliphatic rings. The van der Waals surface area contributed by atoms with Crippen LogP contribution in [0.5, 0.6) is 0 Å². The van der Waals surface area contributed by atoms with E-state index in [-0.39, 0.29) is 25.2 Å². The molecular weight excluding hydrogens is 693 g/mol. The highest BCUT2D eigenvalue weighted by Gasteiger charge is 2.17. The SMILES string of the molecule is CC/C=C\C/C=C\C/C=C\C/C=C\CCCOCC(COC(=O)CCCCCCCCCCCCCCCCC)OC(=O)CCCCCCC/C=C\CCCC. The Morgan fingerprint density at radius 2 is 0.821 bits per heavy atom. The quantitative estimate of drug-likeness (QED) is 0.0350. The largest absolute Gasteiger partial charge is 0.462 e. The van der Waals surface area contributed by atoms with E-state index in [2.05, 4.69) is 81.5 Å². The van der Waals surface area contributed by atoms with Crippen LogP contribution in [0, 0.1) is 0 Å². The Bertz CT molecular complexity index is 977. The summed E-state index contributed by atoms with van der Waals surface area (Å²) in [6, 6.07) is 0. The lowest BCUT2D eigenvalue weighted by Crippen LogP contribution is -2.30. The van der Waals surface area contributed by atoms with Gasteiger partial charge in [0.1, 0.15) is 6.61 Å². The van der Waals surface area contributed by atoms with Crippen molar-refractivity contribution in [2.24, 2.45) is 0 Å². The van der Waals surface area contributed by atoms with Gasteiger partial charge in [-0.1, -0.05) is 204 Å². The van der Waals surface area contributed by atoms with Gasteiger partial charge in [-0.05, 0) is 70.6 Å². The minimum absolute atomic E-state index is 0.0615. The number of carbonyl (C=O) groups excluding carboxylic acids is 2. The third-order valence-corrected chi connectivity index (χ3v) is 10.0. The van der Waals surface area contributed by atoms with E-state index in [0.717, 1.165) is 77.0 Å². The Kier molecular flexibility index (Phi) is 45.0. The van der Waals surface area contributed by atoms with Crippen LogP contribution in [0.25, 0.3) is 0 Å². The van der Waals surface area contributed by atoms with Crippen molar-refractivity contribution in [1.82, 2.24) is 0 Å². The second-order valence-electron chi connectivity index (χ2n) is 15.6. The minimum Gasteiger partial charge on any atom is -0.462 e. The average Bonchev–Trinajstić information content (AvgIpc) is 3.20. The normalized spacial score (nSPS) is 12.7. The molecule has 0 rings (SSSR count). The molecule has 0 aromatic carbocycles. The second-order valence-corrected chi connectivity index (χ2v) is 15.6. The molecule has 1 atom stereocenters. The fraction of sp³-hybridized carbons (Fsp3) is 0.765. The lowest BCUT2D eigenvalue weighted by atomic mass is 10.0. The van der Waals surface area contributed by atoms with Gasteiger partial charge in [0.15, 0.2) is 6.10 Å². The van der Waals surface area contributed by atoms with Gasteiger partial charge in [-0.3, -0.25) is 9.59 Å². The van der Waals surface area contributed by atoms with Gasteiger partial charge in [0.05, 0.1) is 6.61 Å². The minimum atomic E-state index is -0.565. The first-order chi connectivity index (χ1) is 27.6. The second kappa shape index (κ2) is 47.0. The molecule has 1 unspecified atom stereocenters. The maximum absolute atomic E-state index is 12.7. The number of esters is 2. The van der Waals surface area contributed by atoms with Crippen molar-refractivity contribution in [2.75, 3.05) is 19.8 Å². The average molecular weight is 783 g/mol. The van der Waals surface area contributed by atoms with Gasteiger partial charge in [0.2, 0.25) is 0 Å². The van der Waals surface area contributed by atoms with E-state index in [9.17, 15) is 9.59 Å². The van der Waals surface area contributed by atoms with E-state index >= 15 is 0 Å². The third-order valence-electron chi connectivity index (χ3n) is 10.0. The van der Waals surface area contributed by atoms with Gasteiger partial charge in [0, 0.05) is 19.4 Å². The molecule has 0 aromatic heterocycles. The van der Waals surface area contributed by atoms with Crippen molar-refractivity contribution in [1.29, 1.82) is 0 Å². The van der Waals surface area contributed by atoms with E-state index in [1.54, 1.807) is 0 Å². The van der Waals surface area contributed by atoms with Crippen LogP contribution in [0.4, 0.5) is 0 Å². The Balaban J connectivity index is 4.31. The van der Waals surface area contributed by atoms with Crippen molar-refractivity contribution >= 4 is 11.9 Å². The molecule has 0 fully saturated rings. The summed E-state index contributed by atoms with van der Waals surface area (Å²) >= 11 is 0. The molecule has 0 radical (unpaired) electrons. The molecule has 56 heavy (non-hydrogen) atoms. The van der Waals surface area contributed by atoms with E-state index in [1.165, 1.54) is 116 Å². The number of carbonyl (C=O) groups is 2. The van der Waals surface area contributed by atoms with Crippen LogP contribution in [0.3, 0.4) is 0 Å². The molecule has 0 aliphatic carbocycles. The van der Waals surface area contributed by atoms with E-state index in [0.29, 0.717) is 19.4 Å². The van der Waals surface area contributed by atoms with E-state index in [4.69, 9.17) is 14.2 Å². The molecule has 0 spiro atoms. The zero-order valence-corrected chi connectivity index (χ0v) is 37.1. The highest BCUT2D eigenvalue weighted by atomic mass is 16.6. The summed E-state index contributed by atoms with van der Waals surface area (Å²) in [7, 11) is 0. The van der Waals surface area contributed by atoms with Gasteiger partial charge in [-0.25, -0.2) is 0 Å². The number of hydrogen-bond donors (Lipinski definition) is 0. The summed E-state index contributed by atoms with van der Waals surface area (Å²) in [4.78, 5) is 25.3. The Morgan fingerprint density at radius 1 is 0.411 bits per heavy atom. The maximum Gasteiger partial charge on any atom is 0.306 e. The lowest BCUT2D eigenvalue weighted by molar-refractivity contribution is -0.163. The van der Waals surface area contributed by atoms with Crippen molar-refractivity contribution in [3.8, 4) is 0 Å². The molecule has 5 nitrogen and oxygen atoms in total. The fourth-order valence-electron chi connectivity index (χ4n) is 6.49. The zero-order chi connectivity index (χ0) is 40.7. The summed E-state index contributed by atoms with van der Waals surface area (Å²) in [6.45, 7) is 7.54. The van der Waals surface area contributed by atoms with Crippen LogP contribution in [0.15, 0.2) is 60.8 Å². The highest BCUT2D eigenvalue weighted by molar-refractivity contribution is 5.70. The topological polar surface area (TPSA) is 61.8 Å². The maximum atomic E-state index is 12.7. The van der Waals surface area contributed by atoms with Crippen LogP contribution in [-0.2, 0) is 23.8 Å². The number of rotatable bonds is 43. The van der Waals surface area contributed by atoms with Crippen LogP contribution in [0.1, 0.15) is 226 Å². The summed E-state index contributed by atoms with van der Waals surface area (Å²) in [5, 5.41) is 0. The smallest absolute Gasteiger partial charge is 0.306 e. The van der Waals surface area contributed by atoms with Gasteiger partial charge >= 0.3 is 11.9 Å². The molecular formula is C51H90O5. The molecule has 0 bridgehead atoms. The van der Waals surface area contributed by atoms with Crippen molar-refractivity contribution < 1.29 is 23.8 Å². The highest BCUT2D eigenvalue weighted by Crippen LogP contribution is 2.15.